The second-order valence-corrected chi connectivity index (χ2v) is 7.62. The Kier molecular flexibility index (Phi) is 4.73. The Morgan fingerprint density at radius 3 is 2.85 bits per heavy atom. The van der Waals surface area contributed by atoms with E-state index in [1.54, 1.807) is 6.20 Å². The fourth-order valence-corrected chi connectivity index (χ4v) is 3.70. The highest BCUT2D eigenvalue weighted by Gasteiger charge is 2.09. The average molecular weight is 386 g/mol. The van der Waals surface area contributed by atoms with Crippen LogP contribution in [0.25, 0.3) is 10.9 Å². The van der Waals surface area contributed by atoms with Crippen molar-refractivity contribution in [3.8, 4) is 0 Å². The lowest BCUT2D eigenvalue weighted by Gasteiger charge is -2.03. The minimum Gasteiger partial charge on any atom is -0.347 e. The number of aromatic nitrogens is 4. The summed E-state index contributed by atoms with van der Waals surface area (Å²) < 4.78 is 4.46. The fraction of sp³-hybridized carbons (Fsp3) is 0.167. The summed E-state index contributed by atoms with van der Waals surface area (Å²) in [6.45, 7) is 1.93. The van der Waals surface area contributed by atoms with E-state index in [0.717, 1.165) is 33.2 Å². The van der Waals surface area contributed by atoms with Crippen LogP contribution in [0.5, 0.6) is 0 Å². The zero-order chi connectivity index (χ0) is 17.9. The minimum atomic E-state index is -0.123. The van der Waals surface area contributed by atoms with Crippen molar-refractivity contribution in [3.63, 3.8) is 0 Å². The molecule has 0 aliphatic heterocycles. The molecule has 3 aromatic heterocycles. The van der Waals surface area contributed by atoms with E-state index in [9.17, 15) is 4.79 Å². The first-order chi connectivity index (χ1) is 12.7. The number of aryl methyl sites for hydroxylation is 2. The number of amides is 1. The van der Waals surface area contributed by atoms with Crippen molar-refractivity contribution in [1.82, 2.24) is 24.9 Å². The predicted molar refractivity (Wildman–Crippen MR) is 102 cm³/mol. The monoisotopic (exact) mass is 385 g/mol. The van der Waals surface area contributed by atoms with Gasteiger partial charge in [0.1, 0.15) is 0 Å². The topological polar surface area (TPSA) is 64.7 Å². The van der Waals surface area contributed by atoms with Crippen molar-refractivity contribution in [1.29, 1.82) is 0 Å². The van der Waals surface area contributed by atoms with E-state index >= 15 is 0 Å². The maximum atomic E-state index is 12.4. The van der Waals surface area contributed by atoms with Gasteiger partial charge in [0.05, 0.1) is 29.5 Å². The van der Waals surface area contributed by atoms with Gasteiger partial charge >= 0.3 is 0 Å². The van der Waals surface area contributed by atoms with Gasteiger partial charge in [-0.2, -0.15) is 10.2 Å². The number of halogens is 1. The number of hydrogen-bond acceptors (Lipinski definition) is 4. The van der Waals surface area contributed by atoms with Crippen molar-refractivity contribution in [2.45, 2.75) is 19.6 Å². The molecule has 8 heteroatoms. The summed E-state index contributed by atoms with van der Waals surface area (Å²) in [5, 5.41) is 12.7. The van der Waals surface area contributed by atoms with Gasteiger partial charge in [-0.15, -0.1) is 11.3 Å². The Balaban J connectivity index is 1.43. The van der Waals surface area contributed by atoms with Crippen LogP contribution in [0.4, 0.5) is 0 Å². The zero-order valence-corrected chi connectivity index (χ0v) is 15.4. The van der Waals surface area contributed by atoms with Gasteiger partial charge in [0.25, 0.3) is 5.91 Å². The molecule has 6 nitrogen and oxygen atoms in total. The van der Waals surface area contributed by atoms with Crippen LogP contribution < -0.4 is 5.32 Å². The SMILES string of the molecule is O=C(NCc1ccc(Cl)s1)c1ccc2cn(CCn3cccn3)nc2c1. The Morgan fingerprint density at radius 2 is 2.08 bits per heavy atom. The predicted octanol–water partition coefficient (Wildman–Crippen LogP) is 3.58. The maximum Gasteiger partial charge on any atom is 0.251 e. The lowest BCUT2D eigenvalue weighted by Crippen LogP contribution is -2.22. The Morgan fingerprint density at radius 1 is 1.19 bits per heavy atom. The number of carbonyl (C=O) groups is 1. The molecule has 4 aromatic rings. The van der Waals surface area contributed by atoms with Crippen molar-refractivity contribution in [3.05, 3.63) is 69.8 Å². The molecule has 1 N–H and O–H groups in total. The quantitative estimate of drug-likeness (QED) is 0.551. The van der Waals surface area contributed by atoms with E-state index in [1.165, 1.54) is 11.3 Å². The van der Waals surface area contributed by atoms with Gasteiger partial charge in [-0.3, -0.25) is 14.2 Å². The van der Waals surface area contributed by atoms with Crippen molar-refractivity contribution in [2.24, 2.45) is 0 Å². The van der Waals surface area contributed by atoms with Crippen LogP contribution in [0.15, 0.2) is 55.0 Å². The number of rotatable bonds is 6. The normalized spacial score (nSPS) is 11.1. The zero-order valence-electron chi connectivity index (χ0n) is 13.8. The smallest absolute Gasteiger partial charge is 0.251 e. The van der Waals surface area contributed by atoms with E-state index in [4.69, 9.17) is 11.6 Å². The standard InChI is InChI=1S/C18H16ClN5OS/c19-17-5-4-15(26-17)11-20-18(25)13-2-3-14-12-24(22-16(14)10-13)9-8-23-7-1-6-21-23/h1-7,10,12H,8-9,11H2,(H,20,25). The second kappa shape index (κ2) is 7.31. The molecule has 1 aromatic carbocycles. The molecule has 4 rings (SSSR count). The summed E-state index contributed by atoms with van der Waals surface area (Å²) >= 11 is 7.37. The molecule has 26 heavy (non-hydrogen) atoms. The highest BCUT2D eigenvalue weighted by atomic mass is 35.5. The molecule has 1 amide bonds. The van der Waals surface area contributed by atoms with Crippen LogP contribution in [-0.4, -0.2) is 25.5 Å². The van der Waals surface area contributed by atoms with E-state index in [-0.39, 0.29) is 5.91 Å². The molecule has 0 aliphatic rings. The van der Waals surface area contributed by atoms with E-state index < -0.39 is 0 Å². The Bertz CT molecular complexity index is 1040. The van der Waals surface area contributed by atoms with Crippen LogP contribution in [0.3, 0.4) is 0 Å². The summed E-state index contributed by atoms with van der Waals surface area (Å²) in [6, 6.07) is 11.2. The minimum absolute atomic E-state index is 0.123. The van der Waals surface area contributed by atoms with Crippen molar-refractivity contribution in [2.75, 3.05) is 0 Å². The van der Waals surface area contributed by atoms with Gasteiger partial charge in [0.15, 0.2) is 0 Å². The lowest BCUT2D eigenvalue weighted by atomic mass is 10.1. The van der Waals surface area contributed by atoms with Gasteiger partial charge in [0, 0.05) is 34.4 Å². The molecule has 0 fully saturated rings. The highest BCUT2D eigenvalue weighted by Crippen LogP contribution is 2.21. The van der Waals surface area contributed by atoms with Crippen LogP contribution in [0.2, 0.25) is 4.34 Å². The summed E-state index contributed by atoms with van der Waals surface area (Å²) in [5.41, 5.74) is 1.40. The molecular weight excluding hydrogens is 370 g/mol. The maximum absolute atomic E-state index is 12.4. The molecule has 0 unspecified atom stereocenters. The van der Waals surface area contributed by atoms with Gasteiger partial charge in [-0.1, -0.05) is 17.7 Å². The Hall–Kier alpha value is -2.64. The second-order valence-electron chi connectivity index (χ2n) is 5.82. The number of fused-ring (bicyclic) bond motifs is 1. The van der Waals surface area contributed by atoms with Gasteiger partial charge in [0.2, 0.25) is 0 Å². The van der Waals surface area contributed by atoms with E-state index in [1.807, 2.05) is 58.2 Å². The molecule has 0 bridgehead atoms. The molecule has 0 atom stereocenters. The fourth-order valence-electron chi connectivity index (χ4n) is 2.68. The highest BCUT2D eigenvalue weighted by molar-refractivity contribution is 7.16. The molecule has 0 radical (unpaired) electrons. The summed E-state index contributed by atoms with van der Waals surface area (Å²) in [7, 11) is 0. The Labute approximate surface area is 159 Å². The molecule has 0 saturated heterocycles. The van der Waals surface area contributed by atoms with E-state index in [2.05, 4.69) is 15.5 Å². The lowest BCUT2D eigenvalue weighted by molar-refractivity contribution is 0.0951. The number of nitrogens with zero attached hydrogens (tertiary/aromatic N) is 4. The van der Waals surface area contributed by atoms with Gasteiger partial charge in [-0.05, 0) is 30.3 Å². The number of hydrogen-bond donors (Lipinski definition) is 1. The number of benzene rings is 1. The first-order valence-electron chi connectivity index (χ1n) is 8.14. The van der Waals surface area contributed by atoms with Gasteiger partial charge < -0.3 is 5.32 Å². The summed E-state index contributed by atoms with van der Waals surface area (Å²) in [4.78, 5) is 13.4. The molecule has 0 spiro atoms. The molecule has 0 aliphatic carbocycles. The van der Waals surface area contributed by atoms with E-state index in [0.29, 0.717) is 12.1 Å². The number of thiophene rings is 1. The first kappa shape index (κ1) is 16.8. The third-order valence-electron chi connectivity index (χ3n) is 3.99. The van der Waals surface area contributed by atoms with Crippen molar-refractivity contribution >= 4 is 39.7 Å². The van der Waals surface area contributed by atoms with Crippen molar-refractivity contribution < 1.29 is 4.79 Å². The number of nitrogens with one attached hydrogen (secondary N) is 1. The average Bonchev–Trinajstić information content (AvgIpc) is 3.37. The van der Waals surface area contributed by atoms with Gasteiger partial charge in [-0.25, -0.2) is 0 Å². The first-order valence-corrected chi connectivity index (χ1v) is 9.34. The van der Waals surface area contributed by atoms with Crippen LogP contribution in [-0.2, 0) is 19.6 Å². The third-order valence-corrected chi connectivity index (χ3v) is 5.22. The largest absolute Gasteiger partial charge is 0.347 e. The molecule has 132 valence electrons. The molecular formula is C18H16ClN5OS. The summed E-state index contributed by atoms with van der Waals surface area (Å²) in [6.07, 6.45) is 5.66. The molecule has 3 heterocycles. The van der Waals surface area contributed by atoms with Crippen LogP contribution >= 0.6 is 22.9 Å². The van der Waals surface area contributed by atoms with Crippen LogP contribution in [0.1, 0.15) is 15.2 Å². The molecule has 0 saturated carbocycles. The third kappa shape index (κ3) is 3.79. The van der Waals surface area contributed by atoms with Crippen LogP contribution in [0, 0.1) is 0 Å². The summed E-state index contributed by atoms with van der Waals surface area (Å²) in [5.74, 6) is -0.123. The number of carbonyl (C=O) groups excluding carboxylic acids is 1.